The summed E-state index contributed by atoms with van der Waals surface area (Å²) < 4.78 is 0. The molecule has 2 rings (SSSR count). The molecule has 1 N–H and O–H groups in total. The molecule has 5 nitrogen and oxygen atoms in total. The van der Waals surface area contributed by atoms with Crippen LogP contribution >= 0.6 is 0 Å². The molecular weight excluding hydrogens is 254 g/mol. The number of nitro groups is 1. The van der Waals surface area contributed by atoms with E-state index in [4.69, 9.17) is 0 Å². The summed E-state index contributed by atoms with van der Waals surface area (Å²) in [6.07, 6.45) is 2.41. The summed E-state index contributed by atoms with van der Waals surface area (Å²) in [6.45, 7) is 6.28. The van der Waals surface area contributed by atoms with Gasteiger partial charge in [-0.15, -0.1) is 0 Å². The van der Waals surface area contributed by atoms with Crippen LogP contribution in [0.25, 0.3) is 0 Å². The second-order valence-electron chi connectivity index (χ2n) is 5.83. The van der Waals surface area contributed by atoms with Gasteiger partial charge >= 0.3 is 0 Å². The predicted molar refractivity (Wildman–Crippen MR) is 81.1 cm³/mol. The molecule has 1 unspecified atom stereocenters. The molecule has 0 aromatic heterocycles. The average Bonchev–Trinajstić information content (AvgIpc) is 2.39. The van der Waals surface area contributed by atoms with E-state index in [9.17, 15) is 10.1 Å². The van der Waals surface area contributed by atoms with Crippen molar-refractivity contribution < 1.29 is 4.92 Å². The molecule has 1 aromatic carbocycles. The standard InChI is InChI=1S/C15H23N3O2/c1-11-10-14(4-5-15(11)18(19)20)16-12(2)13-6-8-17(3)9-7-13/h4-5,10,12-13,16H,6-9H2,1-3H3. The molecule has 0 amide bonds. The molecule has 0 saturated carbocycles. The van der Waals surface area contributed by atoms with Crippen LogP contribution in [0.3, 0.4) is 0 Å². The van der Waals surface area contributed by atoms with Gasteiger partial charge in [-0.3, -0.25) is 10.1 Å². The molecule has 1 atom stereocenters. The van der Waals surface area contributed by atoms with Crippen molar-refractivity contribution in [3.63, 3.8) is 0 Å². The van der Waals surface area contributed by atoms with Gasteiger partial charge in [-0.2, -0.15) is 0 Å². The van der Waals surface area contributed by atoms with E-state index in [2.05, 4.69) is 24.2 Å². The van der Waals surface area contributed by atoms with Crippen molar-refractivity contribution >= 4 is 11.4 Å². The number of aryl methyl sites for hydroxylation is 1. The van der Waals surface area contributed by atoms with Gasteiger partial charge in [0.25, 0.3) is 5.69 Å². The van der Waals surface area contributed by atoms with E-state index in [0.717, 1.165) is 18.8 Å². The first-order valence-corrected chi connectivity index (χ1v) is 7.17. The van der Waals surface area contributed by atoms with Crippen molar-refractivity contribution in [3.8, 4) is 0 Å². The summed E-state index contributed by atoms with van der Waals surface area (Å²) in [7, 11) is 2.16. The maximum atomic E-state index is 10.8. The summed E-state index contributed by atoms with van der Waals surface area (Å²) in [5.74, 6) is 0.668. The number of hydrogen-bond donors (Lipinski definition) is 1. The number of hydrogen-bond acceptors (Lipinski definition) is 4. The molecule has 0 bridgehead atoms. The second-order valence-corrected chi connectivity index (χ2v) is 5.83. The Morgan fingerprint density at radius 3 is 2.60 bits per heavy atom. The molecule has 0 aliphatic carbocycles. The minimum absolute atomic E-state index is 0.183. The molecule has 5 heteroatoms. The molecule has 1 aliphatic rings. The minimum atomic E-state index is -0.334. The summed E-state index contributed by atoms with van der Waals surface area (Å²) in [6, 6.07) is 5.64. The van der Waals surface area contributed by atoms with Gasteiger partial charge in [-0.1, -0.05) is 0 Å². The molecular formula is C15H23N3O2. The molecule has 1 aliphatic heterocycles. The molecule has 0 spiro atoms. The van der Waals surface area contributed by atoms with Crippen molar-refractivity contribution in [1.29, 1.82) is 0 Å². The van der Waals surface area contributed by atoms with E-state index in [-0.39, 0.29) is 10.6 Å². The van der Waals surface area contributed by atoms with E-state index in [0.29, 0.717) is 17.5 Å². The van der Waals surface area contributed by atoms with Gasteiger partial charge in [-0.25, -0.2) is 0 Å². The van der Waals surface area contributed by atoms with Crippen LogP contribution in [0, 0.1) is 23.0 Å². The van der Waals surface area contributed by atoms with Gasteiger partial charge in [0.1, 0.15) is 0 Å². The first-order valence-electron chi connectivity index (χ1n) is 7.17. The van der Waals surface area contributed by atoms with Gasteiger partial charge in [0.2, 0.25) is 0 Å². The Bertz CT molecular complexity index is 482. The number of nitro benzene ring substituents is 1. The lowest BCUT2D eigenvalue weighted by Crippen LogP contribution is -2.37. The van der Waals surface area contributed by atoms with Crippen LogP contribution in [-0.4, -0.2) is 36.0 Å². The topological polar surface area (TPSA) is 58.4 Å². The van der Waals surface area contributed by atoms with E-state index in [1.807, 2.05) is 6.07 Å². The van der Waals surface area contributed by atoms with Crippen LogP contribution in [-0.2, 0) is 0 Å². The maximum Gasteiger partial charge on any atom is 0.272 e. The molecule has 20 heavy (non-hydrogen) atoms. The highest BCUT2D eigenvalue weighted by molar-refractivity contribution is 5.54. The van der Waals surface area contributed by atoms with Gasteiger partial charge in [0, 0.05) is 23.4 Å². The third-order valence-corrected chi connectivity index (χ3v) is 4.26. The van der Waals surface area contributed by atoms with Crippen molar-refractivity contribution in [1.82, 2.24) is 4.90 Å². The number of likely N-dealkylation sites (tertiary alicyclic amines) is 1. The van der Waals surface area contributed by atoms with Crippen LogP contribution in [0.2, 0.25) is 0 Å². The molecule has 1 fully saturated rings. The Morgan fingerprint density at radius 2 is 2.05 bits per heavy atom. The van der Waals surface area contributed by atoms with Crippen LogP contribution in [0.5, 0.6) is 0 Å². The van der Waals surface area contributed by atoms with Crippen molar-refractivity contribution in [2.24, 2.45) is 5.92 Å². The number of piperidine rings is 1. The SMILES string of the molecule is Cc1cc(NC(C)C2CCN(C)CC2)ccc1[N+](=O)[O-]. The number of benzene rings is 1. The van der Waals surface area contributed by atoms with Gasteiger partial charge in [0.15, 0.2) is 0 Å². The normalized spacial score (nSPS) is 18.8. The fourth-order valence-corrected chi connectivity index (χ4v) is 2.86. The summed E-state index contributed by atoms with van der Waals surface area (Å²) >= 11 is 0. The summed E-state index contributed by atoms with van der Waals surface area (Å²) in [5.41, 5.74) is 1.86. The summed E-state index contributed by atoms with van der Waals surface area (Å²) in [5, 5.41) is 14.3. The smallest absolute Gasteiger partial charge is 0.272 e. The zero-order valence-electron chi connectivity index (χ0n) is 12.4. The zero-order valence-corrected chi connectivity index (χ0v) is 12.4. The Labute approximate surface area is 120 Å². The fraction of sp³-hybridized carbons (Fsp3) is 0.600. The first kappa shape index (κ1) is 14.8. The van der Waals surface area contributed by atoms with Gasteiger partial charge < -0.3 is 10.2 Å². The largest absolute Gasteiger partial charge is 0.382 e. The van der Waals surface area contributed by atoms with Crippen molar-refractivity contribution in [2.45, 2.75) is 32.7 Å². The van der Waals surface area contributed by atoms with Crippen LogP contribution < -0.4 is 5.32 Å². The molecule has 1 aromatic rings. The predicted octanol–water partition coefficient (Wildman–Crippen LogP) is 3.05. The Hall–Kier alpha value is -1.62. The minimum Gasteiger partial charge on any atom is -0.382 e. The number of nitrogens with zero attached hydrogens (tertiary/aromatic N) is 2. The van der Waals surface area contributed by atoms with Gasteiger partial charge in [-0.05, 0) is 64.9 Å². The Morgan fingerprint density at radius 1 is 1.40 bits per heavy atom. The van der Waals surface area contributed by atoms with Crippen molar-refractivity contribution in [2.75, 3.05) is 25.5 Å². The second kappa shape index (κ2) is 6.22. The molecule has 1 heterocycles. The average molecular weight is 277 g/mol. The van der Waals surface area contributed by atoms with Crippen molar-refractivity contribution in [3.05, 3.63) is 33.9 Å². The molecule has 110 valence electrons. The highest BCUT2D eigenvalue weighted by Crippen LogP contribution is 2.25. The van der Waals surface area contributed by atoms with Gasteiger partial charge in [0.05, 0.1) is 4.92 Å². The lowest BCUT2D eigenvalue weighted by atomic mass is 9.90. The number of rotatable bonds is 4. The highest BCUT2D eigenvalue weighted by Gasteiger charge is 2.22. The Kier molecular flexibility index (Phi) is 4.60. The Balaban J connectivity index is 1.99. The summed E-state index contributed by atoms with van der Waals surface area (Å²) in [4.78, 5) is 12.8. The van der Waals surface area contributed by atoms with E-state index >= 15 is 0 Å². The lowest BCUT2D eigenvalue weighted by molar-refractivity contribution is -0.385. The van der Waals surface area contributed by atoms with Crippen LogP contribution in [0.1, 0.15) is 25.3 Å². The van der Waals surface area contributed by atoms with E-state index in [1.54, 1.807) is 19.1 Å². The number of anilines is 1. The monoisotopic (exact) mass is 277 g/mol. The van der Waals surface area contributed by atoms with E-state index < -0.39 is 0 Å². The van der Waals surface area contributed by atoms with Crippen LogP contribution in [0.15, 0.2) is 18.2 Å². The van der Waals surface area contributed by atoms with Crippen LogP contribution in [0.4, 0.5) is 11.4 Å². The highest BCUT2D eigenvalue weighted by atomic mass is 16.6. The molecule has 1 saturated heterocycles. The third-order valence-electron chi connectivity index (χ3n) is 4.26. The van der Waals surface area contributed by atoms with E-state index in [1.165, 1.54) is 12.8 Å². The maximum absolute atomic E-state index is 10.8. The lowest BCUT2D eigenvalue weighted by Gasteiger charge is -2.33. The first-order chi connectivity index (χ1) is 9.47. The number of nitrogens with one attached hydrogen (secondary N) is 1. The third kappa shape index (κ3) is 3.48. The fourth-order valence-electron chi connectivity index (χ4n) is 2.86. The molecule has 0 radical (unpaired) electrons. The zero-order chi connectivity index (χ0) is 14.7. The quantitative estimate of drug-likeness (QED) is 0.679.